The van der Waals surface area contributed by atoms with E-state index in [-0.39, 0.29) is 17.5 Å². The largest absolute Gasteiger partial charge is 0.507 e. The monoisotopic (exact) mass is 245 g/mol. The van der Waals surface area contributed by atoms with Gasteiger partial charge in [-0.1, -0.05) is 12.1 Å². The molecule has 0 heterocycles. The van der Waals surface area contributed by atoms with Crippen LogP contribution in [0.4, 0.5) is 10.1 Å². The van der Waals surface area contributed by atoms with Crippen LogP contribution in [0.3, 0.4) is 0 Å². The predicted molar refractivity (Wildman–Crippen MR) is 67.8 cm³/mol. The summed E-state index contributed by atoms with van der Waals surface area (Å²) in [5.74, 6) is -0.447. The Bertz CT molecular complexity index is 579. The lowest BCUT2D eigenvalue weighted by Gasteiger charge is -2.08. The minimum atomic E-state index is -0.337. The summed E-state index contributed by atoms with van der Waals surface area (Å²) >= 11 is 0. The lowest BCUT2D eigenvalue weighted by atomic mass is 10.0. The number of benzene rings is 2. The molecule has 0 spiro atoms. The molecular formula is C14H12FNO2. The third-order valence-electron chi connectivity index (χ3n) is 2.47. The number of carbonyl (C=O) groups excluding carboxylic acids is 1. The summed E-state index contributed by atoms with van der Waals surface area (Å²) in [5.41, 5.74) is 1.81. The minimum Gasteiger partial charge on any atom is -0.507 e. The summed E-state index contributed by atoms with van der Waals surface area (Å²) in [7, 11) is 0. The Labute approximate surface area is 104 Å². The van der Waals surface area contributed by atoms with Crippen LogP contribution in [0.15, 0.2) is 42.5 Å². The number of nitrogens with one attached hydrogen (secondary N) is 1. The molecular weight excluding hydrogens is 233 g/mol. The van der Waals surface area contributed by atoms with E-state index in [0.29, 0.717) is 16.8 Å². The van der Waals surface area contributed by atoms with Gasteiger partial charge in [0.1, 0.15) is 11.6 Å². The highest BCUT2D eigenvalue weighted by molar-refractivity contribution is 5.90. The Morgan fingerprint density at radius 1 is 1.17 bits per heavy atom. The summed E-state index contributed by atoms with van der Waals surface area (Å²) in [6.07, 6.45) is 0. The van der Waals surface area contributed by atoms with Gasteiger partial charge in [-0.05, 0) is 35.9 Å². The molecule has 3 nitrogen and oxygen atoms in total. The number of aromatic hydroxyl groups is 1. The normalized spacial score (nSPS) is 10.1. The van der Waals surface area contributed by atoms with Gasteiger partial charge in [0.15, 0.2) is 0 Å². The maximum atomic E-state index is 12.8. The number of hydrogen-bond donors (Lipinski definition) is 2. The summed E-state index contributed by atoms with van der Waals surface area (Å²) in [6.45, 7) is 1.41. The van der Waals surface area contributed by atoms with E-state index in [2.05, 4.69) is 5.32 Å². The van der Waals surface area contributed by atoms with Crippen molar-refractivity contribution in [2.45, 2.75) is 6.92 Å². The molecule has 0 unspecified atom stereocenters. The van der Waals surface area contributed by atoms with Crippen LogP contribution in [0.1, 0.15) is 6.92 Å². The third-order valence-corrected chi connectivity index (χ3v) is 2.47. The highest BCUT2D eigenvalue weighted by atomic mass is 19.1. The number of halogens is 1. The second kappa shape index (κ2) is 4.87. The Hall–Kier alpha value is -2.36. The van der Waals surface area contributed by atoms with Crippen molar-refractivity contribution in [1.82, 2.24) is 0 Å². The standard InChI is InChI=1S/C14H12FNO2/c1-9(17)16-12-6-7-14(18)13(8-12)10-2-4-11(15)5-3-10/h2-8,18H,1H3,(H,16,17). The first-order chi connectivity index (χ1) is 8.56. The molecule has 0 aromatic heterocycles. The second-order valence-electron chi connectivity index (χ2n) is 3.92. The fraction of sp³-hybridized carbons (Fsp3) is 0.0714. The van der Waals surface area contributed by atoms with Crippen molar-refractivity contribution >= 4 is 11.6 Å². The van der Waals surface area contributed by atoms with Gasteiger partial charge >= 0.3 is 0 Å². The van der Waals surface area contributed by atoms with Gasteiger partial charge in [-0.25, -0.2) is 4.39 Å². The molecule has 0 bridgehead atoms. The number of phenolic OH excluding ortho intramolecular Hbond substituents is 1. The zero-order valence-corrected chi connectivity index (χ0v) is 9.77. The molecule has 0 saturated heterocycles. The molecule has 18 heavy (non-hydrogen) atoms. The number of amides is 1. The van der Waals surface area contributed by atoms with Crippen molar-refractivity contribution in [2.24, 2.45) is 0 Å². The van der Waals surface area contributed by atoms with E-state index >= 15 is 0 Å². The lowest BCUT2D eigenvalue weighted by Crippen LogP contribution is -2.05. The van der Waals surface area contributed by atoms with Crippen LogP contribution >= 0.6 is 0 Å². The third kappa shape index (κ3) is 2.66. The van der Waals surface area contributed by atoms with E-state index < -0.39 is 0 Å². The molecule has 0 aliphatic rings. The van der Waals surface area contributed by atoms with Gasteiger partial charge in [-0.3, -0.25) is 4.79 Å². The number of anilines is 1. The number of hydrogen-bond acceptors (Lipinski definition) is 2. The van der Waals surface area contributed by atoms with Crippen LogP contribution in [-0.2, 0) is 4.79 Å². The summed E-state index contributed by atoms with van der Waals surface area (Å²) in [6, 6.07) is 10.5. The van der Waals surface area contributed by atoms with Crippen molar-refractivity contribution in [3.05, 3.63) is 48.3 Å². The number of phenols is 1. The first kappa shape index (κ1) is 12.1. The van der Waals surface area contributed by atoms with Gasteiger partial charge in [-0.2, -0.15) is 0 Å². The van der Waals surface area contributed by atoms with Crippen molar-refractivity contribution in [1.29, 1.82) is 0 Å². The van der Waals surface area contributed by atoms with E-state index in [1.165, 1.54) is 25.1 Å². The Kier molecular flexibility index (Phi) is 3.28. The lowest BCUT2D eigenvalue weighted by molar-refractivity contribution is -0.114. The van der Waals surface area contributed by atoms with Crippen molar-refractivity contribution in [3.63, 3.8) is 0 Å². The molecule has 0 atom stereocenters. The van der Waals surface area contributed by atoms with Gasteiger partial charge in [0, 0.05) is 18.2 Å². The Balaban J connectivity index is 2.42. The fourth-order valence-corrected chi connectivity index (χ4v) is 1.68. The van der Waals surface area contributed by atoms with E-state index in [0.717, 1.165) is 0 Å². The molecule has 0 saturated carbocycles. The average Bonchev–Trinajstić information content (AvgIpc) is 2.32. The maximum absolute atomic E-state index is 12.8. The fourth-order valence-electron chi connectivity index (χ4n) is 1.68. The highest BCUT2D eigenvalue weighted by Gasteiger charge is 2.06. The first-order valence-electron chi connectivity index (χ1n) is 5.43. The van der Waals surface area contributed by atoms with Crippen LogP contribution in [0, 0.1) is 5.82 Å². The molecule has 92 valence electrons. The molecule has 0 fully saturated rings. The molecule has 1 amide bonds. The molecule has 2 N–H and O–H groups in total. The van der Waals surface area contributed by atoms with E-state index in [9.17, 15) is 14.3 Å². The predicted octanol–water partition coefficient (Wildman–Crippen LogP) is 3.16. The maximum Gasteiger partial charge on any atom is 0.221 e. The molecule has 2 aromatic carbocycles. The molecule has 2 rings (SSSR count). The minimum absolute atomic E-state index is 0.0794. The van der Waals surface area contributed by atoms with Crippen molar-refractivity contribution in [2.75, 3.05) is 5.32 Å². The quantitative estimate of drug-likeness (QED) is 0.798. The van der Waals surface area contributed by atoms with E-state index in [4.69, 9.17) is 0 Å². The van der Waals surface area contributed by atoms with E-state index in [1.54, 1.807) is 24.3 Å². The van der Waals surface area contributed by atoms with Gasteiger partial charge in [0.25, 0.3) is 0 Å². The zero-order chi connectivity index (χ0) is 13.1. The van der Waals surface area contributed by atoms with Crippen LogP contribution < -0.4 is 5.32 Å². The van der Waals surface area contributed by atoms with Gasteiger partial charge in [0.2, 0.25) is 5.91 Å². The zero-order valence-electron chi connectivity index (χ0n) is 9.77. The summed E-state index contributed by atoms with van der Waals surface area (Å²) in [5, 5.41) is 12.4. The van der Waals surface area contributed by atoms with Crippen molar-refractivity contribution < 1.29 is 14.3 Å². The first-order valence-corrected chi connectivity index (χ1v) is 5.43. The highest BCUT2D eigenvalue weighted by Crippen LogP contribution is 2.31. The van der Waals surface area contributed by atoms with Gasteiger partial charge < -0.3 is 10.4 Å². The van der Waals surface area contributed by atoms with Crippen LogP contribution in [0.5, 0.6) is 5.75 Å². The Morgan fingerprint density at radius 2 is 1.83 bits per heavy atom. The number of carbonyl (C=O) groups is 1. The molecule has 0 aliphatic carbocycles. The number of rotatable bonds is 2. The molecule has 4 heteroatoms. The topological polar surface area (TPSA) is 49.3 Å². The van der Waals surface area contributed by atoms with Gasteiger partial charge in [0.05, 0.1) is 0 Å². The molecule has 0 aliphatic heterocycles. The average molecular weight is 245 g/mol. The molecule has 2 aromatic rings. The van der Waals surface area contributed by atoms with Gasteiger partial charge in [-0.15, -0.1) is 0 Å². The summed E-state index contributed by atoms with van der Waals surface area (Å²) in [4.78, 5) is 11.0. The second-order valence-corrected chi connectivity index (χ2v) is 3.92. The Morgan fingerprint density at radius 3 is 2.44 bits per heavy atom. The van der Waals surface area contributed by atoms with Crippen LogP contribution in [-0.4, -0.2) is 11.0 Å². The summed E-state index contributed by atoms with van der Waals surface area (Å²) < 4.78 is 12.8. The SMILES string of the molecule is CC(=O)Nc1ccc(O)c(-c2ccc(F)cc2)c1. The smallest absolute Gasteiger partial charge is 0.221 e. The van der Waals surface area contributed by atoms with Crippen LogP contribution in [0.25, 0.3) is 11.1 Å². The van der Waals surface area contributed by atoms with Crippen LogP contribution in [0.2, 0.25) is 0 Å². The van der Waals surface area contributed by atoms with Crippen molar-refractivity contribution in [3.8, 4) is 16.9 Å². The molecule has 0 radical (unpaired) electrons. The van der Waals surface area contributed by atoms with E-state index in [1.807, 2.05) is 0 Å².